The van der Waals surface area contributed by atoms with Crippen molar-refractivity contribution in [2.45, 2.75) is 11.3 Å². The van der Waals surface area contributed by atoms with Gasteiger partial charge in [0.05, 0.1) is 11.4 Å². The SMILES string of the molecule is O=C(CN1CCCN(S(=O)(=O)c2ccc(F)cc2)CC1)NC(=O)Nc1ccc2c(c1)OCO2. The van der Waals surface area contributed by atoms with E-state index in [4.69, 9.17) is 9.47 Å². The van der Waals surface area contributed by atoms with Gasteiger partial charge in [0.2, 0.25) is 22.7 Å². The monoisotopic (exact) mass is 478 g/mol. The number of urea groups is 1. The number of benzene rings is 2. The first-order valence-electron chi connectivity index (χ1n) is 10.3. The van der Waals surface area contributed by atoms with E-state index in [-0.39, 0.29) is 31.3 Å². The molecule has 0 aromatic heterocycles. The summed E-state index contributed by atoms with van der Waals surface area (Å²) in [6, 6.07) is 8.88. The van der Waals surface area contributed by atoms with Crippen molar-refractivity contribution < 1.29 is 31.9 Å². The summed E-state index contributed by atoms with van der Waals surface area (Å²) >= 11 is 0. The lowest BCUT2D eigenvalue weighted by Gasteiger charge is -2.21. The van der Waals surface area contributed by atoms with Crippen LogP contribution in [-0.4, -0.2) is 69.1 Å². The lowest BCUT2D eigenvalue weighted by Crippen LogP contribution is -2.43. The predicted molar refractivity (Wildman–Crippen MR) is 116 cm³/mol. The first-order valence-corrected chi connectivity index (χ1v) is 11.7. The number of amides is 3. The number of nitrogens with one attached hydrogen (secondary N) is 2. The third kappa shape index (κ3) is 5.59. The van der Waals surface area contributed by atoms with Gasteiger partial charge in [0.15, 0.2) is 11.5 Å². The number of sulfonamides is 1. The Morgan fingerprint density at radius 1 is 0.970 bits per heavy atom. The van der Waals surface area contributed by atoms with Crippen LogP contribution in [-0.2, 0) is 14.8 Å². The first kappa shape index (κ1) is 23.0. The fraction of sp³-hybridized carbons (Fsp3) is 0.333. The number of halogens is 1. The van der Waals surface area contributed by atoms with Crippen molar-refractivity contribution in [3.63, 3.8) is 0 Å². The molecule has 1 saturated heterocycles. The molecule has 2 aromatic rings. The highest BCUT2D eigenvalue weighted by Gasteiger charge is 2.27. The maximum absolute atomic E-state index is 13.1. The molecule has 0 unspecified atom stereocenters. The second-order valence-electron chi connectivity index (χ2n) is 7.56. The zero-order valence-corrected chi connectivity index (χ0v) is 18.4. The molecule has 4 rings (SSSR count). The summed E-state index contributed by atoms with van der Waals surface area (Å²) in [6.45, 7) is 1.32. The summed E-state index contributed by atoms with van der Waals surface area (Å²) in [4.78, 5) is 26.3. The topological polar surface area (TPSA) is 117 Å². The Hall–Kier alpha value is -3.22. The standard InChI is InChI=1S/C21H23FN4O6S/c22-15-2-5-17(6-3-15)33(29,30)26-9-1-8-25(10-11-26)13-20(27)24-21(28)23-16-4-7-18-19(12-16)32-14-31-18/h2-7,12H,1,8-11,13-14H2,(H2,23,24,27,28). The summed E-state index contributed by atoms with van der Waals surface area (Å²) in [6.07, 6.45) is 0.511. The highest BCUT2D eigenvalue weighted by Crippen LogP contribution is 2.34. The molecule has 2 N–H and O–H groups in total. The smallest absolute Gasteiger partial charge is 0.325 e. The Kier molecular flexibility index (Phi) is 6.77. The van der Waals surface area contributed by atoms with E-state index in [1.54, 1.807) is 23.1 Å². The van der Waals surface area contributed by atoms with E-state index in [2.05, 4.69) is 10.6 Å². The minimum Gasteiger partial charge on any atom is -0.454 e. The van der Waals surface area contributed by atoms with Crippen LogP contribution in [0.15, 0.2) is 47.4 Å². The second-order valence-corrected chi connectivity index (χ2v) is 9.50. The molecule has 0 spiro atoms. The molecule has 2 aromatic carbocycles. The number of fused-ring (bicyclic) bond motifs is 1. The molecule has 3 amide bonds. The molecule has 33 heavy (non-hydrogen) atoms. The van der Waals surface area contributed by atoms with Crippen LogP contribution in [0.25, 0.3) is 0 Å². The van der Waals surface area contributed by atoms with E-state index in [1.165, 1.54) is 16.4 Å². The van der Waals surface area contributed by atoms with Crippen molar-refractivity contribution >= 4 is 27.6 Å². The highest BCUT2D eigenvalue weighted by molar-refractivity contribution is 7.89. The van der Waals surface area contributed by atoms with Crippen LogP contribution in [0.3, 0.4) is 0 Å². The quantitative estimate of drug-likeness (QED) is 0.670. The van der Waals surface area contributed by atoms with Crippen molar-refractivity contribution in [2.24, 2.45) is 0 Å². The van der Waals surface area contributed by atoms with Gasteiger partial charge < -0.3 is 14.8 Å². The number of carbonyl (C=O) groups excluding carboxylic acids is 2. The average molecular weight is 479 g/mol. The van der Waals surface area contributed by atoms with Crippen LogP contribution < -0.4 is 20.1 Å². The lowest BCUT2D eigenvalue weighted by molar-refractivity contribution is -0.121. The largest absolute Gasteiger partial charge is 0.454 e. The van der Waals surface area contributed by atoms with Crippen LogP contribution in [0.5, 0.6) is 11.5 Å². The van der Waals surface area contributed by atoms with Gasteiger partial charge in [-0.2, -0.15) is 4.31 Å². The Morgan fingerprint density at radius 2 is 1.73 bits per heavy atom. The number of hydrogen-bond acceptors (Lipinski definition) is 7. The molecule has 1 fully saturated rings. The number of carbonyl (C=O) groups is 2. The molecule has 10 nitrogen and oxygen atoms in total. The van der Waals surface area contributed by atoms with Crippen LogP contribution in [0.4, 0.5) is 14.9 Å². The first-order chi connectivity index (χ1) is 15.8. The molecule has 0 bridgehead atoms. The Bertz CT molecular complexity index is 1140. The van der Waals surface area contributed by atoms with Crippen LogP contribution in [0, 0.1) is 5.82 Å². The minimum atomic E-state index is -3.76. The molecular formula is C21H23FN4O6S. The van der Waals surface area contributed by atoms with Crippen molar-refractivity contribution in [1.29, 1.82) is 0 Å². The fourth-order valence-electron chi connectivity index (χ4n) is 3.61. The molecular weight excluding hydrogens is 455 g/mol. The van der Waals surface area contributed by atoms with E-state index in [9.17, 15) is 22.4 Å². The third-order valence-corrected chi connectivity index (χ3v) is 7.16. The van der Waals surface area contributed by atoms with Gasteiger partial charge in [-0.1, -0.05) is 0 Å². The van der Waals surface area contributed by atoms with Crippen molar-refractivity contribution in [3.05, 3.63) is 48.3 Å². The zero-order valence-electron chi connectivity index (χ0n) is 17.6. The number of nitrogens with zero attached hydrogens (tertiary/aromatic N) is 2. The molecule has 2 aliphatic heterocycles. The van der Waals surface area contributed by atoms with Gasteiger partial charge in [-0.3, -0.25) is 15.0 Å². The molecule has 12 heteroatoms. The Morgan fingerprint density at radius 3 is 2.52 bits per heavy atom. The van der Waals surface area contributed by atoms with Gasteiger partial charge in [0.25, 0.3) is 0 Å². The molecule has 0 radical (unpaired) electrons. The van der Waals surface area contributed by atoms with Gasteiger partial charge >= 0.3 is 6.03 Å². The van der Waals surface area contributed by atoms with Gasteiger partial charge in [0.1, 0.15) is 5.82 Å². The Labute approximate surface area is 190 Å². The molecule has 2 heterocycles. The molecule has 0 saturated carbocycles. The van der Waals surface area contributed by atoms with Crippen molar-refractivity contribution in [1.82, 2.24) is 14.5 Å². The Balaban J connectivity index is 1.27. The predicted octanol–water partition coefficient (Wildman–Crippen LogP) is 1.60. The fourth-order valence-corrected chi connectivity index (χ4v) is 5.08. The number of anilines is 1. The maximum Gasteiger partial charge on any atom is 0.325 e. The van der Waals surface area contributed by atoms with E-state index >= 15 is 0 Å². The summed E-state index contributed by atoms with van der Waals surface area (Å²) in [5.74, 6) is 0.0603. The van der Waals surface area contributed by atoms with Crippen molar-refractivity contribution in [3.8, 4) is 11.5 Å². The van der Waals surface area contributed by atoms with E-state index in [0.717, 1.165) is 12.1 Å². The normalized spacial score (nSPS) is 16.8. The molecule has 176 valence electrons. The van der Waals surface area contributed by atoms with E-state index < -0.39 is 27.8 Å². The van der Waals surface area contributed by atoms with E-state index in [1.807, 2.05) is 0 Å². The highest BCUT2D eigenvalue weighted by atomic mass is 32.2. The zero-order chi connectivity index (χ0) is 23.4. The molecule has 2 aliphatic rings. The number of hydrogen-bond donors (Lipinski definition) is 2. The second kappa shape index (κ2) is 9.73. The maximum atomic E-state index is 13.1. The van der Waals surface area contributed by atoms with Crippen LogP contribution >= 0.6 is 0 Å². The van der Waals surface area contributed by atoms with Gasteiger partial charge in [-0.05, 0) is 49.4 Å². The van der Waals surface area contributed by atoms with E-state index in [0.29, 0.717) is 36.7 Å². The van der Waals surface area contributed by atoms with Crippen LogP contribution in [0.2, 0.25) is 0 Å². The number of rotatable bonds is 5. The summed E-state index contributed by atoms with van der Waals surface area (Å²) in [7, 11) is -3.76. The summed E-state index contributed by atoms with van der Waals surface area (Å²) in [5.41, 5.74) is 0.445. The number of ether oxygens (including phenoxy) is 2. The summed E-state index contributed by atoms with van der Waals surface area (Å²) < 4.78 is 50.5. The van der Waals surface area contributed by atoms with Crippen LogP contribution in [0.1, 0.15) is 6.42 Å². The molecule has 0 atom stereocenters. The van der Waals surface area contributed by atoms with Gasteiger partial charge in [-0.25, -0.2) is 17.6 Å². The van der Waals surface area contributed by atoms with Crippen molar-refractivity contribution in [2.75, 3.05) is 44.8 Å². The molecule has 0 aliphatic carbocycles. The summed E-state index contributed by atoms with van der Waals surface area (Å²) in [5, 5.41) is 4.83. The lowest BCUT2D eigenvalue weighted by atomic mass is 10.3. The minimum absolute atomic E-state index is 0.0234. The number of imide groups is 1. The van der Waals surface area contributed by atoms with Gasteiger partial charge in [0, 0.05) is 31.4 Å². The average Bonchev–Trinajstić information content (AvgIpc) is 3.10. The van der Waals surface area contributed by atoms with Gasteiger partial charge in [-0.15, -0.1) is 0 Å². The third-order valence-electron chi connectivity index (χ3n) is 5.25.